The van der Waals surface area contributed by atoms with Crippen LogP contribution in [0.1, 0.15) is 49.4 Å². The first kappa shape index (κ1) is 24.0. The van der Waals surface area contributed by atoms with Crippen LogP contribution in [-0.4, -0.2) is 17.8 Å². The quantitative estimate of drug-likeness (QED) is 0.302. The molecule has 0 radical (unpaired) electrons. The van der Waals surface area contributed by atoms with Crippen molar-refractivity contribution in [3.63, 3.8) is 0 Å². The molecule has 3 aromatic carbocycles. The summed E-state index contributed by atoms with van der Waals surface area (Å²) in [7, 11) is 0. The summed E-state index contributed by atoms with van der Waals surface area (Å²) in [5.41, 5.74) is 4.81. The summed E-state index contributed by atoms with van der Waals surface area (Å²) in [4.78, 5) is 0. The highest BCUT2D eigenvalue weighted by Crippen LogP contribution is 2.42. The average molecular weight is 464 g/mol. The highest BCUT2D eigenvalue weighted by Gasteiger charge is 2.27. The molecule has 0 saturated carbocycles. The Bertz CT molecular complexity index is 1230. The van der Waals surface area contributed by atoms with Crippen LogP contribution >= 0.6 is 0 Å². The van der Waals surface area contributed by atoms with Crippen molar-refractivity contribution in [3.05, 3.63) is 95.2 Å². The average Bonchev–Trinajstić information content (AvgIpc) is 3.18. The fourth-order valence-corrected chi connectivity index (χ4v) is 4.72. The van der Waals surface area contributed by atoms with Gasteiger partial charge >= 0.3 is 0 Å². The van der Waals surface area contributed by atoms with Gasteiger partial charge < -0.3 is 14.0 Å². The lowest BCUT2D eigenvalue weighted by molar-refractivity contribution is 0.0841. The summed E-state index contributed by atoms with van der Waals surface area (Å²) < 4.78 is 42.5. The largest absolute Gasteiger partial charge is 0.485 e. The smallest absolute Gasteiger partial charge is 0.165 e. The molecule has 0 unspecified atom stereocenters. The number of hydrogen-bond donors (Lipinski definition) is 0. The van der Waals surface area contributed by atoms with Crippen LogP contribution in [0.3, 0.4) is 0 Å². The topological polar surface area (TPSA) is 23.4 Å². The summed E-state index contributed by atoms with van der Waals surface area (Å²) in [6, 6.07) is 19.4. The molecule has 0 spiro atoms. The molecule has 4 aromatic rings. The minimum atomic E-state index is -0.383. The zero-order valence-electron chi connectivity index (χ0n) is 20.0. The van der Waals surface area contributed by atoms with Gasteiger partial charge in [0.2, 0.25) is 0 Å². The van der Waals surface area contributed by atoms with Crippen LogP contribution in [0.5, 0.6) is 5.75 Å². The second kappa shape index (κ2) is 10.8. The molecule has 1 aromatic heterocycles. The zero-order chi connectivity index (χ0) is 24.1. The first-order valence-electron chi connectivity index (χ1n) is 12.0. The van der Waals surface area contributed by atoms with Crippen LogP contribution in [-0.2, 0) is 11.3 Å². The molecule has 5 rings (SSSR count). The first-order valence-corrected chi connectivity index (χ1v) is 12.0. The monoisotopic (exact) mass is 463 g/mol. The Labute approximate surface area is 199 Å². The molecular formula is C29H31F2NO2. The molecule has 178 valence electrons. The molecule has 34 heavy (non-hydrogen) atoms. The van der Waals surface area contributed by atoms with E-state index in [0.29, 0.717) is 13.2 Å². The maximum absolute atomic E-state index is 15.0. The third-order valence-electron chi connectivity index (χ3n) is 6.25. The third kappa shape index (κ3) is 4.71. The van der Waals surface area contributed by atoms with Crippen LogP contribution in [0.25, 0.3) is 16.6 Å². The lowest BCUT2D eigenvalue weighted by atomic mass is 9.93. The summed E-state index contributed by atoms with van der Waals surface area (Å²) >= 11 is 0. The molecule has 0 aliphatic carbocycles. The van der Waals surface area contributed by atoms with E-state index in [2.05, 4.69) is 4.57 Å². The molecule has 1 aliphatic heterocycles. The van der Waals surface area contributed by atoms with Gasteiger partial charge in [-0.15, -0.1) is 0 Å². The number of ether oxygens (including phenoxy) is 2. The highest BCUT2D eigenvalue weighted by atomic mass is 19.1. The summed E-state index contributed by atoms with van der Waals surface area (Å²) in [5, 5.41) is 0.770. The van der Waals surface area contributed by atoms with Crippen LogP contribution < -0.4 is 4.74 Å². The van der Waals surface area contributed by atoms with E-state index in [4.69, 9.17) is 9.47 Å². The van der Waals surface area contributed by atoms with E-state index in [1.807, 2.05) is 51.1 Å². The van der Waals surface area contributed by atoms with E-state index < -0.39 is 0 Å². The lowest BCUT2D eigenvalue weighted by Gasteiger charge is -2.25. The van der Waals surface area contributed by atoms with E-state index >= 15 is 4.39 Å². The van der Waals surface area contributed by atoms with Crippen molar-refractivity contribution >= 4 is 10.9 Å². The molecular weight excluding hydrogens is 432 g/mol. The van der Waals surface area contributed by atoms with Crippen LogP contribution in [0.15, 0.2) is 66.7 Å². The summed E-state index contributed by atoms with van der Waals surface area (Å²) in [6.07, 6.45) is 1.78. The van der Waals surface area contributed by atoms with E-state index in [1.54, 1.807) is 18.2 Å². The van der Waals surface area contributed by atoms with Gasteiger partial charge in [0, 0.05) is 35.9 Å². The van der Waals surface area contributed by atoms with E-state index in [0.717, 1.165) is 46.3 Å². The Morgan fingerprint density at radius 1 is 0.912 bits per heavy atom. The highest BCUT2D eigenvalue weighted by molar-refractivity contribution is 5.93. The lowest BCUT2D eigenvalue weighted by Crippen LogP contribution is -2.17. The molecule has 1 aliphatic rings. The number of aromatic nitrogens is 1. The zero-order valence-corrected chi connectivity index (χ0v) is 20.0. The van der Waals surface area contributed by atoms with Gasteiger partial charge in [0.15, 0.2) is 11.6 Å². The number of halogens is 2. The van der Waals surface area contributed by atoms with Crippen molar-refractivity contribution in [2.75, 3.05) is 13.2 Å². The molecule has 0 N–H and O–H groups in total. The number of benzene rings is 3. The van der Waals surface area contributed by atoms with Gasteiger partial charge in [0.1, 0.15) is 12.4 Å². The molecule has 2 heterocycles. The molecule has 5 heteroatoms. The van der Waals surface area contributed by atoms with Gasteiger partial charge in [0.25, 0.3) is 0 Å². The van der Waals surface area contributed by atoms with Crippen LogP contribution in [0.4, 0.5) is 8.78 Å². The summed E-state index contributed by atoms with van der Waals surface area (Å²) in [6.45, 7) is 7.70. The predicted molar refractivity (Wildman–Crippen MR) is 133 cm³/mol. The minimum Gasteiger partial charge on any atom is -0.485 e. The number of hydrogen-bond acceptors (Lipinski definition) is 2. The molecule has 0 atom stereocenters. The second-order valence-electron chi connectivity index (χ2n) is 8.25. The molecule has 0 amide bonds. The summed E-state index contributed by atoms with van der Waals surface area (Å²) in [5.74, 6) is -0.136. The van der Waals surface area contributed by atoms with Gasteiger partial charge in [-0.25, -0.2) is 8.78 Å². The van der Waals surface area contributed by atoms with Gasteiger partial charge in [0.05, 0.1) is 5.52 Å². The Hall–Kier alpha value is -3.18. The Morgan fingerprint density at radius 2 is 1.59 bits per heavy atom. The number of rotatable bonds is 5. The Balaban J connectivity index is 0.00000133. The first-order chi connectivity index (χ1) is 16.6. The van der Waals surface area contributed by atoms with Crippen molar-refractivity contribution in [2.45, 2.75) is 46.1 Å². The van der Waals surface area contributed by atoms with Crippen LogP contribution in [0.2, 0.25) is 0 Å². The second-order valence-corrected chi connectivity index (χ2v) is 8.25. The maximum Gasteiger partial charge on any atom is 0.165 e. The fourth-order valence-electron chi connectivity index (χ4n) is 4.72. The van der Waals surface area contributed by atoms with E-state index in [9.17, 15) is 4.39 Å². The van der Waals surface area contributed by atoms with Crippen molar-refractivity contribution in [3.8, 4) is 11.4 Å². The number of fused-ring (bicyclic) bond motifs is 1. The van der Waals surface area contributed by atoms with Gasteiger partial charge in [-0.3, -0.25) is 0 Å². The van der Waals surface area contributed by atoms with Crippen LogP contribution in [0, 0.1) is 18.6 Å². The van der Waals surface area contributed by atoms with Crippen molar-refractivity contribution in [1.29, 1.82) is 0 Å². The SMILES string of the molecule is CC.Cc1c(C2CCOCC2)n(-c2ccc(F)cc2)c2ccc(F)c(OCc3ccccc3)c12. The molecule has 1 saturated heterocycles. The van der Waals surface area contributed by atoms with Crippen molar-refractivity contribution in [2.24, 2.45) is 0 Å². The van der Waals surface area contributed by atoms with Gasteiger partial charge in [-0.2, -0.15) is 0 Å². The number of aryl methyl sites for hydroxylation is 1. The standard InChI is InChI=1S/C27H25F2NO2.C2H6/c1-18-25-24(12-11-23(29)27(25)32-17-19-5-3-2-4-6-19)30(22-9-7-21(28)8-10-22)26(18)20-13-15-31-16-14-20;1-2/h2-12,20H,13-17H2,1H3;1-2H3. The minimum absolute atomic E-state index is 0.262. The van der Waals surface area contributed by atoms with Crippen molar-refractivity contribution < 1.29 is 18.3 Å². The Morgan fingerprint density at radius 3 is 2.26 bits per heavy atom. The number of nitrogens with zero attached hydrogens (tertiary/aromatic N) is 1. The normalized spacial score (nSPS) is 14.0. The third-order valence-corrected chi connectivity index (χ3v) is 6.25. The van der Waals surface area contributed by atoms with E-state index in [-0.39, 0.29) is 29.9 Å². The Kier molecular flexibility index (Phi) is 7.63. The molecule has 3 nitrogen and oxygen atoms in total. The van der Waals surface area contributed by atoms with Gasteiger partial charge in [-0.05, 0) is 67.3 Å². The molecule has 0 bridgehead atoms. The van der Waals surface area contributed by atoms with Crippen molar-refractivity contribution in [1.82, 2.24) is 4.57 Å². The van der Waals surface area contributed by atoms with Gasteiger partial charge in [-0.1, -0.05) is 44.2 Å². The predicted octanol–water partition coefficient (Wildman–Crippen LogP) is 7.72. The fraction of sp³-hybridized carbons (Fsp3) is 0.310. The maximum atomic E-state index is 15.0. The van der Waals surface area contributed by atoms with E-state index in [1.165, 1.54) is 18.2 Å². The molecule has 1 fully saturated rings.